The molecule has 0 saturated heterocycles. The van der Waals surface area contributed by atoms with Crippen LogP contribution in [-0.4, -0.2) is 14.5 Å². The summed E-state index contributed by atoms with van der Waals surface area (Å²) < 4.78 is 24.4. The Balaban J connectivity index is 2.17. The van der Waals surface area contributed by atoms with Gasteiger partial charge in [-0.25, -0.2) is 5.14 Å². The second kappa shape index (κ2) is 4.40. The Morgan fingerprint density at radius 1 is 1.29 bits per heavy atom. The summed E-state index contributed by atoms with van der Waals surface area (Å²) in [6.45, 7) is 4.30. The van der Waals surface area contributed by atoms with E-state index in [0.29, 0.717) is 5.92 Å². The standard InChI is InChI=1S/C12H18N2O2S/c1-8(2)9-3-4-10-6-12(7-11(10)5-9)14-17(13,15)16/h3-5,8,12,14H,6-7H2,1-2H3,(H2,13,15,16). The average Bonchev–Trinajstić information content (AvgIpc) is 2.54. The first-order chi connectivity index (χ1) is 7.85. The van der Waals surface area contributed by atoms with Gasteiger partial charge in [-0.1, -0.05) is 32.0 Å². The van der Waals surface area contributed by atoms with E-state index >= 15 is 0 Å². The molecule has 0 bridgehead atoms. The molecule has 0 fully saturated rings. The second-order valence-corrected chi connectivity index (χ2v) is 6.28. The maximum absolute atomic E-state index is 11.0. The van der Waals surface area contributed by atoms with Crippen molar-refractivity contribution in [1.29, 1.82) is 0 Å². The van der Waals surface area contributed by atoms with Crippen LogP contribution in [-0.2, 0) is 23.1 Å². The van der Waals surface area contributed by atoms with Crippen molar-refractivity contribution in [3.63, 3.8) is 0 Å². The molecule has 1 aliphatic rings. The SMILES string of the molecule is CC(C)c1ccc2c(c1)CC(NS(N)(=O)=O)C2. The van der Waals surface area contributed by atoms with Gasteiger partial charge in [-0.05, 0) is 35.4 Å². The molecule has 0 amide bonds. The van der Waals surface area contributed by atoms with E-state index in [0.717, 1.165) is 12.8 Å². The van der Waals surface area contributed by atoms with Crippen LogP contribution in [0.2, 0.25) is 0 Å². The highest BCUT2D eigenvalue weighted by atomic mass is 32.2. The van der Waals surface area contributed by atoms with Crippen molar-refractivity contribution in [3.05, 3.63) is 34.9 Å². The summed E-state index contributed by atoms with van der Waals surface area (Å²) in [6.07, 6.45) is 1.45. The summed E-state index contributed by atoms with van der Waals surface area (Å²) in [6, 6.07) is 6.28. The van der Waals surface area contributed by atoms with E-state index in [4.69, 9.17) is 5.14 Å². The van der Waals surface area contributed by atoms with E-state index in [1.807, 2.05) is 0 Å². The number of hydrogen-bond donors (Lipinski definition) is 2. The van der Waals surface area contributed by atoms with Crippen LogP contribution in [0.1, 0.15) is 36.5 Å². The van der Waals surface area contributed by atoms with Gasteiger partial charge in [0.05, 0.1) is 0 Å². The topological polar surface area (TPSA) is 72.2 Å². The van der Waals surface area contributed by atoms with Gasteiger partial charge in [0, 0.05) is 6.04 Å². The highest BCUT2D eigenvalue weighted by Gasteiger charge is 2.24. The number of fused-ring (bicyclic) bond motifs is 1. The van der Waals surface area contributed by atoms with Gasteiger partial charge >= 0.3 is 0 Å². The zero-order chi connectivity index (χ0) is 12.6. The lowest BCUT2D eigenvalue weighted by atomic mass is 9.99. The van der Waals surface area contributed by atoms with Gasteiger partial charge in [0.15, 0.2) is 0 Å². The monoisotopic (exact) mass is 254 g/mol. The lowest BCUT2D eigenvalue weighted by molar-refractivity contribution is 0.557. The lowest BCUT2D eigenvalue weighted by Crippen LogP contribution is -2.39. The largest absolute Gasteiger partial charge is 0.274 e. The van der Waals surface area contributed by atoms with E-state index in [1.54, 1.807) is 0 Å². The third-order valence-electron chi connectivity index (χ3n) is 3.16. The molecule has 0 saturated carbocycles. The molecule has 0 aliphatic heterocycles. The van der Waals surface area contributed by atoms with Gasteiger partial charge in [-0.15, -0.1) is 0 Å². The molecule has 1 atom stereocenters. The minimum atomic E-state index is -3.60. The lowest BCUT2D eigenvalue weighted by Gasteiger charge is -2.08. The van der Waals surface area contributed by atoms with Gasteiger partial charge in [-0.3, -0.25) is 0 Å². The number of nitrogens with one attached hydrogen (secondary N) is 1. The van der Waals surface area contributed by atoms with Crippen LogP contribution in [0.25, 0.3) is 0 Å². The molecule has 3 N–H and O–H groups in total. The maximum atomic E-state index is 11.0. The van der Waals surface area contributed by atoms with Gasteiger partial charge in [0.1, 0.15) is 0 Å². The smallest absolute Gasteiger partial charge is 0.216 e. The Bertz CT molecular complexity index is 523. The maximum Gasteiger partial charge on any atom is 0.274 e. The summed E-state index contributed by atoms with van der Waals surface area (Å²) >= 11 is 0. The van der Waals surface area contributed by atoms with E-state index in [1.165, 1.54) is 16.7 Å². The molecule has 1 aromatic carbocycles. The van der Waals surface area contributed by atoms with E-state index < -0.39 is 10.2 Å². The Morgan fingerprint density at radius 2 is 1.94 bits per heavy atom. The van der Waals surface area contributed by atoms with Crippen molar-refractivity contribution in [3.8, 4) is 0 Å². The van der Waals surface area contributed by atoms with E-state index in [9.17, 15) is 8.42 Å². The molecule has 0 radical (unpaired) electrons. The molecule has 1 aromatic rings. The summed E-state index contributed by atoms with van der Waals surface area (Å²) in [5.74, 6) is 0.491. The fourth-order valence-electron chi connectivity index (χ4n) is 2.31. The number of hydrogen-bond acceptors (Lipinski definition) is 2. The predicted molar refractivity (Wildman–Crippen MR) is 68.0 cm³/mol. The minimum absolute atomic E-state index is 0.0950. The van der Waals surface area contributed by atoms with Crippen LogP contribution >= 0.6 is 0 Å². The number of benzene rings is 1. The van der Waals surface area contributed by atoms with Crippen LogP contribution in [0, 0.1) is 0 Å². The summed E-state index contributed by atoms with van der Waals surface area (Å²) in [4.78, 5) is 0. The van der Waals surface area contributed by atoms with E-state index in [2.05, 4.69) is 36.8 Å². The zero-order valence-electron chi connectivity index (χ0n) is 10.1. The first-order valence-corrected chi connectivity index (χ1v) is 7.31. The van der Waals surface area contributed by atoms with Crippen LogP contribution in [0.4, 0.5) is 0 Å². The molecule has 0 spiro atoms. The van der Waals surface area contributed by atoms with Gasteiger partial charge in [0.25, 0.3) is 10.2 Å². The third-order valence-corrected chi connectivity index (χ3v) is 3.82. The van der Waals surface area contributed by atoms with Crippen molar-refractivity contribution in [1.82, 2.24) is 4.72 Å². The second-order valence-electron chi connectivity index (χ2n) is 4.95. The highest BCUT2D eigenvalue weighted by molar-refractivity contribution is 7.87. The zero-order valence-corrected chi connectivity index (χ0v) is 10.9. The van der Waals surface area contributed by atoms with Crippen molar-refractivity contribution in [2.75, 3.05) is 0 Å². The molecule has 2 rings (SSSR count). The molecular weight excluding hydrogens is 236 g/mol. The molecule has 1 aliphatic carbocycles. The third kappa shape index (κ3) is 3.06. The van der Waals surface area contributed by atoms with Gasteiger partial charge < -0.3 is 0 Å². The average molecular weight is 254 g/mol. The molecule has 0 heterocycles. The molecule has 4 nitrogen and oxygen atoms in total. The predicted octanol–water partition coefficient (Wildman–Crippen LogP) is 1.07. The van der Waals surface area contributed by atoms with Crippen LogP contribution < -0.4 is 9.86 Å². The molecule has 1 unspecified atom stereocenters. The molecule has 17 heavy (non-hydrogen) atoms. The van der Waals surface area contributed by atoms with Crippen molar-refractivity contribution < 1.29 is 8.42 Å². The van der Waals surface area contributed by atoms with Crippen LogP contribution in [0.5, 0.6) is 0 Å². The van der Waals surface area contributed by atoms with Crippen molar-refractivity contribution in [2.24, 2.45) is 5.14 Å². The Labute approximate surface area is 102 Å². The Morgan fingerprint density at radius 3 is 2.53 bits per heavy atom. The summed E-state index contributed by atoms with van der Waals surface area (Å²) in [5, 5.41) is 4.99. The van der Waals surface area contributed by atoms with Gasteiger partial charge in [-0.2, -0.15) is 13.1 Å². The first-order valence-electron chi connectivity index (χ1n) is 5.77. The number of rotatable bonds is 3. The highest BCUT2D eigenvalue weighted by Crippen LogP contribution is 2.26. The molecule has 94 valence electrons. The van der Waals surface area contributed by atoms with Crippen molar-refractivity contribution in [2.45, 2.75) is 38.6 Å². The minimum Gasteiger partial charge on any atom is -0.216 e. The van der Waals surface area contributed by atoms with Crippen LogP contribution in [0.15, 0.2) is 18.2 Å². The quantitative estimate of drug-likeness (QED) is 0.847. The number of nitrogens with two attached hydrogens (primary N) is 1. The molecule has 5 heteroatoms. The summed E-state index contributed by atoms with van der Waals surface area (Å²) in [7, 11) is -3.60. The van der Waals surface area contributed by atoms with Crippen molar-refractivity contribution >= 4 is 10.2 Å². The molecule has 0 aromatic heterocycles. The van der Waals surface area contributed by atoms with E-state index in [-0.39, 0.29) is 6.04 Å². The fourth-order valence-corrected chi connectivity index (χ4v) is 2.94. The fraction of sp³-hybridized carbons (Fsp3) is 0.500. The van der Waals surface area contributed by atoms with Crippen LogP contribution in [0.3, 0.4) is 0 Å². The first kappa shape index (κ1) is 12.5. The molecular formula is C12H18N2O2S. The Kier molecular flexibility index (Phi) is 3.25. The summed E-state index contributed by atoms with van der Waals surface area (Å²) in [5.41, 5.74) is 3.74. The Hall–Kier alpha value is -0.910. The normalized spacial score (nSPS) is 19.6. The van der Waals surface area contributed by atoms with Gasteiger partial charge in [0.2, 0.25) is 0 Å².